The molecule has 0 bridgehead atoms. The molecule has 0 radical (unpaired) electrons. The van der Waals surface area contributed by atoms with Crippen LogP contribution in [0.2, 0.25) is 0 Å². The SMILES string of the molecule is COCCS(=O)(=O)Nc1cc(C)c(S(N)(=O)=O)cc1Br. The number of nitrogens with two attached hydrogens (primary N) is 1. The van der Waals surface area contributed by atoms with E-state index in [2.05, 4.69) is 20.7 Å². The van der Waals surface area contributed by atoms with Gasteiger partial charge in [-0.25, -0.2) is 22.0 Å². The zero-order chi connectivity index (χ0) is 15.6. The summed E-state index contributed by atoms with van der Waals surface area (Å²) in [5.41, 5.74) is 0.589. The summed E-state index contributed by atoms with van der Waals surface area (Å²) in [5, 5.41) is 5.07. The lowest BCUT2D eigenvalue weighted by Gasteiger charge is -2.12. The lowest BCUT2D eigenvalue weighted by atomic mass is 10.2. The topological polar surface area (TPSA) is 116 Å². The monoisotopic (exact) mass is 386 g/mol. The average molecular weight is 387 g/mol. The molecule has 0 aromatic heterocycles. The van der Waals surface area contributed by atoms with Gasteiger partial charge in [0.25, 0.3) is 0 Å². The Bertz CT molecular complexity index is 701. The van der Waals surface area contributed by atoms with Crippen LogP contribution in [0.1, 0.15) is 5.56 Å². The third-order valence-corrected chi connectivity index (χ3v) is 5.34. The van der Waals surface area contributed by atoms with E-state index in [1.807, 2.05) is 0 Å². The van der Waals surface area contributed by atoms with Gasteiger partial charge in [0.1, 0.15) is 0 Å². The predicted molar refractivity (Wildman–Crippen MR) is 79.5 cm³/mol. The Labute approximate surface area is 126 Å². The molecule has 0 fully saturated rings. The number of hydrogen-bond acceptors (Lipinski definition) is 5. The quantitative estimate of drug-likeness (QED) is 0.749. The first kappa shape index (κ1) is 17.4. The van der Waals surface area contributed by atoms with Crippen LogP contribution in [0.5, 0.6) is 0 Å². The van der Waals surface area contributed by atoms with Crippen molar-refractivity contribution in [2.24, 2.45) is 5.14 Å². The number of halogens is 1. The Hall–Kier alpha value is -0.680. The first-order valence-corrected chi connectivity index (χ1v) is 9.38. The first-order valence-electron chi connectivity index (χ1n) is 5.39. The van der Waals surface area contributed by atoms with E-state index < -0.39 is 20.0 Å². The highest BCUT2D eigenvalue weighted by atomic mass is 79.9. The fourth-order valence-corrected chi connectivity index (χ4v) is 3.97. The molecule has 0 unspecified atom stereocenters. The molecule has 1 rings (SSSR count). The van der Waals surface area contributed by atoms with E-state index in [-0.39, 0.29) is 27.4 Å². The van der Waals surface area contributed by atoms with E-state index in [9.17, 15) is 16.8 Å². The van der Waals surface area contributed by atoms with Gasteiger partial charge in [0.15, 0.2) is 0 Å². The summed E-state index contributed by atoms with van der Waals surface area (Å²) >= 11 is 3.12. The minimum Gasteiger partial charge on any atom is -0.384 e. The van der Waals surface area contributed by atoms with Crippen molar-refractivity contribution in [1.82, 2.24) is 0 Å². The van der Waals surface area contributed by atoms with Crippen LogP contribution in [0.15, 0.2) is 21.5 Å². The molecule has 0 aliphatic carbocycles. The number of ether oxygens (including phenoxy) is 1. The highest BCUT2D eigenvalue weighted by Gasteiger charge is 2.17. The van der Waals surface area contributed by atoms with Crippen molar-refractivity contribution in [1.29, 1.82) is 0 Å². The molecule has 0 saturated carbocycles. The molecule has 3 N–H and O–H groups in total. The fraction of sp³-hybridized carbons (Fsp3) is 0.400. The van der Waals surface area contributed by atoms with Crippen molar-refractivity contribution >= 4 is 41.7 Å². The molecule has 1 aromatic rings. The summed E-state index contributed by atoms with van der Waals surface area (Å²) in [6.45, 7) is 1.58. The maximum atomic E-state index is 11.7. The number of hydrogen-bond donors (Lipinski definition) is 2. The van der Waals surface area contributed by atoms with E-state index in [1.165, 1.54) is 26.2 Å². The third kappa shape index (κ3) is 4.70. The van der Waals surface area contributed by atoms with Crippen LogP contribution < -0.4 is 9.86 Å². The molecule has 0 spiro atoms. The number of methoxy groups -OCH3 is 1. The number of aryl methyl sites for hydroxylation is 1. The van der Waals surface area contributed by atoms with E-state index in [0.29, 0.717) is 5.56 Å². The van der Waals surface area contributed by atoms with Crippen LogP contribution in [0, 0.1) is 6.92 Å². The van der Waals surface area contributed by atoms with Gasteiger partial charge in [0.2, 0.25) is 20.0 Å². The Morgan fingerprint density at radius 3 is 2.40 bits per heavy atom. The number of anilines is 1. The van der Waals surface area contributed by atoms with Crippen molar-refractivity contribution in [3.8, 4) is 0 Å². The molecule has 114 valence electrons. The van der Waals surface area contributed by atoms with Gasteiger partial charge in [-0.3, -0.25) is 4.72 Å². The standard InChI is InChI=1S/C10H15BrN2O5S2/c1-7-5-9(13-19(14,15)4-3-18-2)8(11)6-10(7)20(12,16)17/h5-6,13H,3-4H2,1-2H3,(H2,12,16,17). The van der Waals surface area contributed by atoms with Crippen molar-refractivity contribution in [2.45, 2.75) is 11.8 Å². The number of rotatable bonds is 6. The lowest BCUT2D eigenvalue weighted by molar-refractivity contribution is 0.217. The van der Waals surface area contributed by atoms with Gasteiger partial charge in [-0.05, 0) is 40.5 Å². The summed E-state index contributed by atoms with van der Waals surface area (Å²) in [6.07, 6.45) is 0. The highest BCUT2D eigenvalue weighted by Crippen LogP contribution is 2.29. The molecule has 7 nitrogen and oxygen atoms in total. The van der Waals surface area contributed by atoms with Gasteiger partial charge in [-0.15, -0.1) is 0 Å². The number of primary sulfonamides is 1. The Balaban J connectivity index is 3.14. The normalized spacial score (nSPS) is 12.4. The van der Waals surface area contributed by atoms with Gasteiger partial charge in [0.05, 0.1) is 22.9 Å². The summed E-state index contributed by atoms with van der Waals surface area (Å²) in [7, 11) is -6.03. The minimum atomic E-state index is -3.86. The van der Waals surface area contributed by atoms with Crippen LogP contribution >= 0.6 is 15.9 Å². The molecule has 0 atom stereocenters. The molecule has 1 aromatic carbocycles. The van der Waals surface area contributed by atoms with Gasteiger partial charge >= 0.3 is 0 Å². The zero-order valence-corrected chi connectivity index (χ0v) is 14.1. The molecule has 0 amide bonds. The maximum absolute atomic E-state index is 11.7. The highest BCUT2D eigenvalue weighted by molar-refractivity contribution is 9.10. The number of benzene rings is 1. The molecule has 0 heterocycles. The van der Waals surface area contributed by atoms with Crippen LogP contribution in [-0.4, -0.2) is 36.3 Å². The summed E-state index contributed by atoms with van der Waals surface area (Å²) in [6, 6.07) is 2.66. The third-order valence-electron chi connectivity index (χ3n) is 2.39. The van der Waals surface area contributed by atoms with Gasteiger partial charge in [-0.2, -0.15) is 0 Å². The van der Waals surface area contributed by atoms with Gasteiger partial charge < -0.3 is 4.74 Å². The fourth-order valence-electron chi connectivity index (χ4n) is 1.46. The second-order valence-corrected chi connectivity index (χ2v) is 8.28. The Morgan fingerprint density at radius 2 is 1.90 bits per heavy atom. The van der Waals surface area contributed by atoms with E-state index in [4.69, 9.17) is 9.88 Å². The summed E-state index contributed by atoms with van der Waals surface area (Å²) < 4.78 is 53.5. The van der Waals surface area contributed by atoms with E-state index in [1.54, 1.807) is 0 Å². The van der Waals surface area contributed by atoms with E-state index in [0.717, 1.165) is 0 Å². The number of sulfonamides is 2. The second kappa shape index (κ2) is 6.39. The molecule has 0 aliphatic heterocycles. The lowest BCUT2D eigenvalue weighted by Crippen LogP contribution is -2.20. The predicted octanol–water partition coefficient (Wildman–Crippen LogP) is 0.793. The summed E-state index contributed by atoms with van der Waals surface area (Å²) in [4.78, 5) is -0.0655. The van der Waals surface area contributed by atoms with Gasteiger partial charge in [0, 0.05) is 11.6 Å². The largest absolute Gasteiger partial charge is 0.384 e. The Morgan fingerprint density at radius 1 is 1.30 bits per heavy atom. The first-order chi connectivity index (χ1) is 9.07. The second-order valence-electron chi connectivity index (χ2n) is 4.06. The van der Waals surface area contributed by atoms with Crippen molar-refractivity contribution in [3.63, 3.8) is 0 Å². The average Bonchev–Trinajstić information content (AvgIpc) is 2.29. The van der Waals surface area contributed by atoms with Crippen LogP contribution in [0.25, 0.3) is 0 Å². The smallest absolute Gasteiger partial charge is 0.238 e. The van der Waals surface area contributed by atoms with Crippen LogP contribution in [-0.2, 0) is 24.8 Å². The van der Waals surface area contributed by atoms with Gasteiger partial charge in [-0.1, -0.05) is 0 Å². The minimum absolute atomic E-state index is 0.0567. The van der Waals surface area contributed by atoms with Crippen molar-refractivity contribution in [3.05, 3.63) is 22.2 Å². The molecular weight excluding hydrogens is 372 g/mol. The molecular formula is C10H15BrN2O5S2. The molecule has 20 heavy (non-hydrogen) atoms. The maximum Gasteiger partial charge on any atom is 0.238 e. The van der Waals surface area contributed by atoms with Crippen molar-refractivity contribution < 1.29 is 21.6 Å². The summed E-state index contributed by atoms with van der Waals surface area (Å²) in [5.74, 6) is -0.202. The van der Waals surface area contributed by atoms with Crippen LogP contribution in [0.4, 0.5) is 5.69 Å². The molecule has 0 aliphatic rings. The zero-order valence-electron chi connectivity index (χ0n) is 10.9. The van der Waals surface area contributed by atoms with E-state index >= 15 is 0 Å². The molecule has 0 saturated heterocycles. The molecule has 10 heteroatoms. The number of nitrogens with one attached hydrogen (secondary N) is 1. The van der Waals surface area contributed by atoms with Crippen LogP contribution in [0.3, 0.4) is 0 Å². The Kier molecular flexibility index (Phi) is 5.55. The van der Waals surface area contributed by atoms with Crippen molar-refractivity contribution in [2.75, 3.05) is 24.2 Å².